The first-order valence-electron chi connectivity index (χ1n) is 8.18. The molecule has 5 heteroatoms. The minimum absolute atomic E-state index is 0.0827. The second-order valence-electron chi connectivity index (χ2n) is 6.93. The molecule has 2 aromatic rings. The number of hydrogen-bond donors (Lipinski definition) is 0. The molecular weight excluding hydrogens is 304 g/mol. The zero-order valence-corrected chi connectivity index (χ0v) is 13.8. The van der Waals surface area contributed by atoms with Gasteiger partial charge in [-0.1, -0.05) is 30.3 Å². The molecule has 4 rings (SSSR count). The van der Waals surface area contributed by atoms with Crippen LogP contribution in [0.3, 0.4) is 0 Å². The Balaban J connectivity index is 1.74. The van der Waals surface area contributed by atoms with Gasteiger partial charge in [-0.25, -0.2) is 5.01 Å². The van der Waals surface area contributed by atoms with Crippen molar-refractivity contribution in [2.24, 2.45) is 11.0 Å². The van der Waals surface area contributed by atoms with Gasteiger partial charge in [0, 0.05) is 18.1 Å². The fraction of sp³-hybridized carbons (Fsp3) is 0.368. The van der Waals surface area contributed by atoms with Crippen molar-refractivity contribution in [3.63, 3.8) is 0 Å². The van der Waals surface area contributed by atoms with Crippen LogP contribution in [-0.2, 0) is 4.74 Å². The molecule has 5 nitrogen and oxygen atoms in total. The molecule has 124 valence electrons. The summed E-state index contributed by atoms with van der Waals surface area (Å²) in [6.45, 7) is 4.67. The van der Waals surface area contributed by atoms with Crippen LogP contribution >= 0.6 is 0 Å². The molecule has 1 amide bonds. The topological polar surface area (TPSA) is 55.0 Å². The maximum Gasteiger partial charge on any atom is 0.310 e. The van der Waals surface area contributed by atoms with Crippen LogP contribution in [0.5, 0.6) is 0 Å². The summed E-state index contributed by atoms with van der Waals surface area (Å²) in [6, 6.07) is 13.2. The van der Waals surface area contributed by atoms with Crippen LogP contribution in [0.1, 0.15) is 42.4 Å². The summed E-state index contributed by atoms with van der Waals surface area (Å²) in [7, 11) is 0. The number of hydrogen-bond acceptors (Lipinski definition) is 4. The fourth-order valence-electron chi connectivity index (χ4n) is 3.49. The van der Waals surface area contributed by atoms with Crippen LogP contribution in [0.25, 0.3) is 0 Å². The molecule has 1 aromatic carbocycles. The number of fused-ring (bicyclic) bond motifs is 1. The highest BCUT2D eigenvalue weighted by molar-refractivity contribution is 5.97. The Hall–Kier alpha value is -2.40. The molecule has 0 spiro atoms. The van der Waals surface area contributed by atoms with Gasteiger partial charge in [0.15, 0.2) is 5.76 Å². The zero-order chi connectivity index (χ0) is 16.7. The lowest BCUT2D eigenvalue weighted by atomic mass is 9.83. The predicted octanol–water partition coefficient (Wildman–Crippen LogP) is 3.65. The number of amides is 1. The third kappa shape index (κ3) is 2.55. The second-order valence-corrected chi connectivity index (χ2v) is 6.93. The largest absolute Gasteiger partial charge is 0.459 e. The minimum Gasteiger partial charge on any atom is -0.459 e. The first-order valence-corrected chi connectivity index (χ1v) is 8.18. The molecule has 1 aromatic heterocycles. The Morgan fingerprint density at radius 3 is 2.71 bits per heavy atom. The van der Waals surface area contributed by atoms with Crippen molar-refractivity contribution in [2.75, 3.05) is 6.61 Å². The van der Waals surface area contributed by atoms with Crippen LogP contribution in [0.2, 0.25) is 0 Å². The third-order valence-electron chi connectivity index (χ3n) is 4.65. The Labute approximate surface area is 140 Å². The summed E-state index contributed by atoms with van der Waals surface area (Å²) in [5.74, 6) is 0.173. The number of carbonyl (C=O) groups is 1. The lowest BCUT2D eigenvalue weighted by molar-refractivity contribution is -0.0425. The van der Waals surface area contributed by atoms with E-state index >= 15 is 0 Å². The minimum atomic E-state index is -0.250. The van der Waals surface area contributed by atoms with Gasteiger partial charge in [0.05, 0.1) is 24.5 Å². The summed E-state index contributed by atoms with van der Waals surface area (Å²) in [5, 5.41) is 6.25. The van der Waals surface area contributed by atoms with E-state index < -0.39 is 0 Å². The smallest absolute Gasteiger partial charge is 0.310 e. The molecule has 0 saturated carbocycles. The molecule has 0 N–H and O–H groups in total. The number of ether oxygens (including phenoxy) is 1. The van der Waals surface area contributed by atoms with E-state index in [1.165, 1.54) is 6.26 Å². The number of carbonyl (C=O) groups excluding carboxylic acids is 1. The monoisotopic (exact) mass is 324 g/mol. The van der Waals surface area contributed by atoms with Gasteiger partial charge in [-0.05, 0) is 31.5 Å². The van der Waals surface area contributed by atoms with Gasteiger partial charge >= 0.3 is 5.91 Å². The van der Waals surface area contributed by atoms with Crippen LogP contribution in [-0.4, -0.2) is 28.8 Å². The molecular formula is C19H20N2O3. The van der Waals surface area contributed by atoms with E-state index in [2.05, 4.69) is 18.9 Å². The van der Waals surface area contributed by atoms with Gasteiger partial charge < -0.3 is 9.15 Å². The summed E-state index contributed by atoms with van der Waals surface area (Å²) in [5.41, 5.74) is 1.84. The molecule has 0 aliphatic carbocycles. The van der Waals surface area contributed by atoms with Crippen molar-refractivity contribution >= 4 is 11.6 Å². The zero-order valence-electron chi connectivity index (χ0n) is 13.8. The van der Waals surface area contributed by atoms with E-state index in [0.717, 1.165) is 17.7 Å². The standard InChI is InChI=1S/C19H20N2O3/c1-19(2)11-15-14(12-24-19)17(13-7-4-3-5-8-13)21(20-15)18(22)16-9-6-10-23-16/h3-10,14,17H,11-12H2,1-2H3. The number of furan rings is 1. The summed E-state index contributed by atoms with van der Waals surface area (Å²) >= 11 is 0. The lowest BCUT2D eigenvalue weighted by Crippen LogP contribution is -2.41. The van der Waals surface area contributed by atoms with E-state index in [1.807, 2.05) is 30.3 Å². The first kappa shape index (κ1) is 15.1. The van der Waals surface area contributed by atoms with Crippen molar-refractivity contribution < 1.29 is 13.9 Å². The lowest BCUT2D eigenvalue weighted by Gasteiger charge is -2.35. The average Bonchev–Trinajstić information content (AvgIpc) is 3.21. The van der Waals surface area contributed by atoms with Gasteiger partial charge in [0.1, 0.15) is 0 Å². The van der Waals surface area contributed by atoms with Gasteiger partial charge in [-0.2, -0.15) is 5.10 Å². The quantitative estimate of drug-likeness (QED) is 0.847. The number of rotatable bonds is 2. The SMILES string of the molecule is CC1(C)CC2=NN(C(=O)c3ccco3)C(c3ccccc3)C2CO1. The van der Waals surface area contributed by atoms with Gasteiger partial charge in [-0.3, -0.25) is 4.79 Å². The molecule has 2 atom stereocenters. The van der Waals surface area contributed by atoms with E-state index in [1.54, 1.807) is 17.1 Å². The first-order chi connectivity index (χ1) is 11.6. The van der Waals surface area contributed by atoms with Gasteiger partial charge in [-0.15, -0.1) is 0 Å². The predicted molar refractivity (Wildman–Crippen MR) is 89.6 cm³/mol. The molecule has 0 bridgehead atoms. The van der Waals surface area contributed by atoms with E-state index in [-0.39, 0.29) is 23.5 Å². The van der Waals surface area contributed by atoms with E-state index in [0.29, 0.717) is 12.4 Å². The number of nitrogens with zero attached hydrogens (tertiary/aromatic N) is 2. The molecule has 1 fully saturated rings. The molecule has 3 heterocycles. The van der Waals surface area contributed by atoms with Crippen LogP contribution in [0, 0.1) is 5.92 Å². The van der Waals surface area contributed by atoms with Gasteiger partial charge in [0.2, 0.25) is 0 Å². The molecule has 0 radical (unpaired) electrons. The summed E-state index contributed by atoms with van der Waals surface area (Å²) < 4.78 is 11.3. The Morgan fingerprint density at radius 2 is 2.00 bits per heavy atom. The van der Waals surface area contributed by atoms with Crippen LogP contribution < -0.4 is 0 Å². The van der Waals surface area contributed by atoms with Gasteiger partial charge in [0.25, 0.3) is 0 Å². The number of hydrazone groups is 1. The van der Waals surface area contributed by atoms with Crippen molar-refractivity contribution in [1.82, 2.24) is 5.01 Å². The van der Waals surface area contributed by atoms with Crippen molar-refractivity contribution in [1.29, 1.82) is 0 Å². The van der Waals surface area contributed by atoms with E-state index in [9.17, 15) is 4.79 Å². The Bertz CT molecular complexity index is 765. The average molecular weight is 324 g/mol. The maximum absolute atomic E-state index is 12.9. The Kier molecular flexibility index (Phi) is 3.53. The fourth-order valence-corrected chi connectivity index (χ4v) is 3.49. The number of benzene rings is 1. The van der Waals surface area contributed by atoms with Crippen LogP contribution in [0.4, 0.5) is 0 Å². The van der Waals surface area contributed by atoms with E-state index in [4.69, 9.17) is 9.15 Å². The summed E-state index contributed by atoms with van der Waals surface area (Å²) in [4.78, 5) is 12.9. The third-order valence-corrected chi connectivity index (χ3v) is 4.65. The molecule has 1 saturated heterocycles. The Morgan fingerprint density at radius 1 is 1.21 bits per heavy atom. The normalized spacial score (nSPS) is 25.2. The highest BCUT2D eigenvalue weighted by Gasteiger charge is 2.46. The maximum atomic E-state index is 12.9. The van der Waals surface area contributed by atoms with Crippen molar-refractivity contribution in [3.8, 4) is 0 Å². The highest BCUT2D eigenvalue weighted by atomic mass is 16.5. The van der Waals surface area contributed by atoms with Crippen molar-refractivity contribution in [3.05, 3.63) is 60.1 Å². The molecule has 2 unspecified atom stereocenters. The molecule has 2 aliphatic rings. The molecule has 24 heavy (non-hydrogen) atoms. The van der Waals surface area contributed by atoms with Crippen molar-refractivity contribution in [2.45, 2.75) is 31.9 Å². The van der Waals surface area contributed by atoms with Crippen LogP contribution in [0.15, 0.2) is 58.2 Å². The molecule has 2 aliphatic heterocycles. The highest BCUT2D eigenvalue weighted by Crippen LogP contribution is 2.42. The summed E-state index contributed by atoms with van der Waals surface area (Å²) in [6.07, 6.45) is 2.23. The second kappa shape index (κ2) is 5.60.